The number of halogens is 2. The van der Waals surface area contributed by atoms with E-state index in [1.54, 1.807) is 4.99 Å². The van der Waals surface area contributed by atoms with E-state index in [9.17, 15) is 0 Å². The lowest BCUT2D eigenvalue weighted by molar-refractivity contribution is 1.40. The number of pyridine rings is 1. The zero-order valence-electron chi connectivity index (χ0n) is 7.24. The molecule has 0 atom stereocenters. The molecule has 2 aromatic rings. The zero-order chi connectivity index (χ0) is 9.97. The first kappa shape index (κ1) is 9.69. The van der Waals surface area contributed by atoms with E-state index in [1.165, 1.54) is 0 Å². The highest BCUT2D eigenvalue weighted by molar-refractivity contribution is 9.11. The van der Waals surface area contributed by atoms with Gasteiger partial charge in [0.2, 0.25) is 0 Å². The first-order valence-electron chi connectivity index (χ1n) is 4.13. The van der Waals surface area contributed by atoms with Crippen LogP contribution in [0.25, 0.3) is 17.0 Å². The highest BCUT2D eigenvalue weighted by Gasteiger charge is 2.00. The van der Waals surface area contributed by atoms with Crippen molar-refractivity contribution < 1.29 is 0 Å². The molecule has 0 aliphatic heterocycles. The van der Waals surface area contributed by atoms with Gasteiger partial charge in [0.05, 0.1) is 5.52 Å². The number of hydrogen-bond donors (Lipinski definition) is 0. The average molecular weight is 269 g/mol. The summed E-state index contributed by atoms with van der Waals surface area (Å²) >= 11 is 9.22. The lowest BCUT2D eigenvalue weighted by Crippen LogP contribution is -1.83. The predicted octanol–water partition coefficient (Wildman–Crippen LogP) is 4.25. The van der Waals surface area contributed by atoms with Crippen molar-refractivity contribution in [2.45, 2.75) is 0 Å². The van der Waals surface area contributed by atoms with Gasteiger partial charge in [-0.3, -0.25) is 0 Å². The molecule has 0 spiro atoms. The van der Waals surface area contributed by atoms with Crippen LogP contribution in [0.15, 0.2) is 35.3 Å². The smallest absolute Gasteiger partial charge is 0.137 e. The molecule has 0 saturated carbocycles. The number of fused-ring (bicyclic) bond motifs is 1. The third-order valence-corrected chi connectivity index (χ3v) is 2.51. The monoisotopic (exact) mass is 267 g/mol. The van der Waals surface area contributed by atoms with Crippen LogP contribution in [-0.2, 0) is 0 Å². The topological polar surface area (TPSA) is 12.9 Å². The summed E-state index contributed by atoms with van der Waals surface area (Å²) in [5.41, 5.74) is 1.84. The number of rotatable bonds is 1. The highest BCUT2D eigenvalue weighted by Crippen LogP contribution is 2.21. The van der Waals surface area contributed by atoms with Crippen LogP contribution in [0.5, 0.6) is 0 Å². The maximum Gasteiger partial charge on any atom is 0.137 e. The van der Waals surface area contributed by atoms with Crippen molar-refractivity contribution in [3.8, 4) is 0 Å². The Morgan fingerprint density at radius 2 is 2.07 bits per heavy atom. The van der Waals surface area contributed by atoms with Crippen LogP contribution in [0, 0.1) is 0 Å². The van der Waals surface area contributed by atoms with Crippen LogP contribution in [-0.4, -0.2) is 4.98 Å². The second kappa shape index (κ2) is 4.11. The van der Waals surface area contributed by atoms with E-state index < -0.39 is 0 Å². The molecule has 14 heavy (non-hydrogen) atoms. The number of aromatic nitrogens is 1. The molecule has 1 nitrogen and oxygen atoms in total. The van der Waals surface area contributed by atoms with Gasteiger partial charge in [-0.2, -0.15) is 0 Å². The Kier molecular flexibility index (Phi) is 2.85. The van der Waals surface area contributed by atoms with E-state index in [0.717, 1.165) is 16.5 Å². The van der Waals surface area contributed by atoms with Gasteiger partial charge in [-0.05, 0) is 23.2 Å². The molecule has 3 heteroatoms. The van der Waals surface area contributed by atoms with Crippen LogP contribution in [0.2, 0.25) is 5.15 Å². The summed E-state index contributed by atoms with van der Waals surface area (Å²) in [7, 11) is 0. The summed E-state index contributed by atoms with van der Waals surface area (Å²) in [6.45, 7) is 0. The maximum absolute atomic E-state index is 6.00. The number of benzene rings is 1. The fraction of sp³-hybridized carbons (Fsp3) is 0. The quantitative estimate of drug-likeness (QED) is 0.705. The fourth-order valence-electron chi connectivity index (χ4n) is 1.29. The molecule has 0 fully saturated rings. The van der Waals surface area contributed by atoms with E-state index in [2.05, 4.69) is 20.9 Å². The Hall–Kier alpha value is -0.860. The highest BCUT2D eigenvalue weighted by atomic mass is 79.9. The van der Waals surface area contributed by atoms with Gasteiger partial charge in [0.25, 0.3) is 0 Å². The lowest BCUT2D eigenvalue weighted by Gasteiger charge is -2.00. The van der Waals surface area contributed by atoms with Crippen molar-refractivity contribution in [2.24, 2.45) is 0 Å². The van der Waals surface area contributed by atoms with E-state index >= 15 is 0 Å². The first-order valence-corrected chi connectivity index (χ1v) is 5.42. The van der Waals surface area contributed by atoms with Crippen LogP contribution in [0.1, 0.15) is 5.56 Å². The number of para-hydroxylation sites is 1. The molecule has 1 heterocycles. The van der Waals surface area contributed by atoms with Crippen molar-refractivity contribution in [2.75, 3.05) is 0 Å². The number of nitrogens with zero attached hydrogens (tertiary/aromatic N) is 1. The van der Waals surface area contributed by atoms with Gasteiger partial charge in [0.1, 0.15) is 5.15 Å². The summed E-state index contributed by atoms with van der Waals surface area (Å²) in [4.78, 5) is 6.06. The molecular formula is C11H7BrClN. The summed E-state index contributed by atoms with van der Waals surface area (Å²) in [5, 5.41) is 1.62. The molecule has 0 amide bonds. The minimum Gasteiger partial charge on any atom is -0.235 e. The third kappa shape index (κ3) is 1.81. The molecule has 0 radical (unpaired) electrons. The van der Waals surface area contributed by atoms with Crippen molar-refractivity contribution in [1.29, 1.82) is 0 Å². The molecule has 0 aliphatic carbocycles. The summed E-state index contributed by atoms with van der Waals surface area (Å²) in [5.74, 6) is 0. The summed E-state index contributed by atoms with van der Waals surface area (Å²) in [6, 6.07) is 9.92. The molecule has 0 bridgehead atoms. The Labute approximate surface area is 95.5 Å². The Balaban J connectivity index is 2.70. The lowest BCUT2D eigenvalue weighted by atomic mass is 10.1. The van der Waals surface area contributed by atoms with Crippen LogP contribution in [0.4, 0.5) is 0 Å². The van der Waals surface area contributed by atoms with E-state index in [-0.39, 0.29) is 0 Å². The molecule has 1 aromatic carbocycles. The normalized spacial score (nSPS) is 11.3. The van der Waals surface area contributed by atoms with E-state index in [1.807, 2.05) is 36.4 Å². The Morgan fingerprint density at radius 3 is 2.86 bits per heavy atom. The molecule has 1 aromatic heterocycles. The molecule has 0 N–H and O–H groups in total. The zero-order valence-corrected chi connectivity index (χ0v) is 9.59. The first-order chi connectivity index (χ1) is 6.81. The van der Waals surface area contributed by atoms with Crippen molar-refractivity contribution in [1.82, 2.24) is 4.98 Å². The van der Waals surface area contributed by atoms with E-state index in [4.69, 9.17) is 11.6 Å². The molecule has 70 valence electrons. The molecule has 2 rings (SSSR count). The van der Waals surface area contributed by atoms with Gasteiger partial charge in [0.15, 0.2) is 0 Å². The van der Waals surface area contributed by atoms with Gasteiger partial charge in [-0.25, -0.2) is 4.98 Å². The number of hydrogen-bond acceptors (Lipinski definition) is 1. The van der Waals surface area contributed by atoms with E-state index in [0.29, 0.717) is 5.15 Å². The van der Waals surface area contributed by atoms with Gasteiger partial charge in [-0.1, -0.05) is 45.7 Å². The Bertz CT molecular complexity index is 494. The average Bonchev–Trinajstić information content (AvgIpc) is 2.19. The van der Waals surface area contributed by atoms with Gasteiger partial charge in [0, 0.05) is 10.9 Å². The minimum absolute atomic E-state index is 0.527. The van der Waals surface area contributed by atoms with Crippen LogP contribution in [0.3, 0.4) is 0 Å². The molecule has 0 aliphatic rings. The van der Waals surface area contributed by atoms with Crippen molar-refractivity contribution in [3.05, 3.63) is 46.0 Å². The molecule has 0 saturated heterocycles. The standard InChI is InChI=1S/C11H7BrClN/c12-6-5-9-7-8-3-1-2-4-10(8)14-11(9)13/h1-7H. The van der Waals surface area contributed by atoms with Crippen molar-refractivity contribution in [3.63, 3.8) is 0 Å². The van der Waals surface area contributed by atoms with Gasteiger partial charge >= 0.3 is 0 Å². The minimum atomic E-state index is 0.527. The van der Waals surface area contributed by atoms with Crippen molar-refractivity contribution >= 4 is 44.5 Å². The van der Waals surface area contributed by atoms with Crippen LogP contribution >= 0.6 is 27.5 Å². The Morgan fingerprint density at radius 1 is 1.29 bits per heavy atom. The maximum atomic E-state index is 6.00. The summed E-state index contributed by atoms with van der Waals surface area (Å²) < 4.78 is 0. The third-order valence-electron chi connectivity index (χ3n) is 1.95. The largest absolute Gasteiger partial charge is 0.235 e. The second-order valence-corrected chi connectivity index (χ2v) is 3.74. The van der Waals surface area contributed by atoms with Gasteiger partial charge < -0.3 is 0 Å². The molecular weight excluding hydrogens is 261 g/mol. The fourth-order valence-corrected chi connectivity index (χ4v) is 1.79. The van der Waals surface area contributed by atoms with Gasteiger partial charge in [-0.15, -0.1) is 0 Å². The molecule has 0 unspecified atom stereocenters. The predicted molar refractivity (Wildman–Crippen MR) is 64.7 cm³/mol. The SMILES string of the molecule is Clc1nc2ccccc2cc1C=CBr. The second-order valence-electron chi connectivity index (χ2n) is 2.85. The van der Waals surface area contributed by atoms with Crippen LogP contribution < -0.4 is 0 Å². The summed E-state index contributed by atoms with van der Waals surface area (Å²) in [6.07, 6.45) is 1.88.